The lowest BCUT2D eigenvalue weighted by atomic mass is 9.80. The second kappa shape index (κ2) is 34.1. The molecule has 0 aliphatic carbocycles. The third kappa shape index (κ3) is 24.7. The Morgan fingerprint density at radius 1 is 0.553 bits per heavy atom. The number of methoxy groups -OCH3 is 3. The van der Waals surface area contributed by atoms with Gasteiger partial charge in [0.25, 0.3) is 6.43 Å². The van der Waals surface area contributed by atoms with Crippen LogP contribution in [0.3, 0.4) is 0 Å². The molecule has 0 unspecified atom stereocenters. The molecule has 6 aromatic rings. The van der Waals surface area contributed by atoms with Crippen molar-refractivity contribution in [1.29, 1.82) is 0 Å². The van der Waals surface area contributed by atoms with Gasteiger partial charge in [-0.05, 0) is 190 Å². The van der Waals surface area contributed by atoms with Gasteiger partial charge in [-0.3, -0.25) is 4.90 Å². The maximum atomic E-state index is 13.9. The van der Waals surface area contributed by atoms with Gasteiger partial charge in [0.1, 0.15) is 46.6 Å². The number of rotatable bonds is 8. The van der Waals surface area contributed by atoms with Gasteiger partial charge >= 0.3 is 12.5 Å². The Kier molecular flexibility index (Phi) is 30.9. The number of phenols is 2. The highest BCUT2D eigenvalue weighted by Gasteiger charge is 2.37. The average Bonchev–Trinajstić information content (AvgIpc) is 0.977. The minimum absolute atomic E-state index is 0. The van der Waals surface area contributed by atoms with E-state index in [2.05, 4.69) is 67.1 Å². The fraction of sp³-hybridized carbons (Fsp3) is 0.507. The number of benzene rings is 6. The van der Waals surface area contributed by atoms with Crippen LogP contribution in [-0.2, 0) is 38.4 Å². The van der Waals surface area contributed by atoms with Crippen LogP contribution in [0.2, 0.25) is 5.02 Å². The number of phenolic OH excluding ortho intramolecular Hbond substituents is 2. The molecule has 7 rings (SSSR count). The van der Waals surface area contributed by atoms with Gasteiger partial charge in [-0.15, -0.1) is 13.2 Å². The number of hydrogen-bond acceptors (Lipinski definition) is 8. The first-order chi connectivity index (χ1) is 42.2. The number of aryl methyl sites for hydroxylation is 4. The lowest BCUT2D eigenvalue weighted by Crippen LogP contribution is -2.32. The molecule has 0 aromatic heterocycles. The van der Waals surface area contributed by atoms with Crippen LogP contribution in [-0.4, -0.2) is 61.0 Å². The first-order valence-electron chi connectivity index (χ1n) is 30.4. The second-order valence-electron chi connectivity index (χ2n) is 28.5. The van der Waals surface area contributed by atoms with Crippen LogP contribution in [0.1, 0.15) is 218 Å². The molecule has 1 aliphatic heterocycles. The summed E-state index contributed by atoms with van der Waals surface area (Å²) in [4.78, 5) is 13.2. The van der Waals surface area contributed by atoms with E-state index in [4.69, 9.17) is 30.5 Å². The molecular weight excluding hydrogens is 1250 g/mol. The molecular formula is C75H103ClF9NO8. The molecule has 2 N–H and O–H groups in total. The zero-order valence-electron chi connectivity index (χ0n) is 59.1. The summed E-state index contributed by atoms with van der Waals surface area (Å²) in [6.07, 6.45) is -7.87. The van der Waals surface area contributed by atoms with Crippen molar-refractivity contribution in [3.8, 4) is 34.5 Å². The van der Waals surface area contributed by atoms with E-state index in [0.717, 1.165) is 33.4 Å². The van der Waals surface area contributed by atoms with E-state index >= 15 is 0 Å². The molecule has 1 aliphatic rings. The predicted molar refractivity (Wildman–Crippen MR) is 362 cm³/mol. The van der Waals surface area contributed by atoms with E-state index < -0.39 is 36.2 Å². The Morgan fingerprint density at radius 3 is 1.32 bits per heavy atom. The summed E-state index contributed by atoms with van der Waals surface area (Å²) in [6.45, 7) is 45.0. The maximum Gasteiger partial charge on any atom is 0.573 e. The Morgan fingerprint density at radius 2 is 0.957 bits per heavy atom. The van der Waals surface area contributed by atoms with Crippen molar-refractivity contribution >= 4 is 17.7 Å². The fourth-order valence-corrected chi connectivity index (χ4v) is 9.93. The molecule has 19 heteroatoms. The molecule has 0 bridgehead atoms. The largest absolute Gasteiger partial charge is 0.573 e. The quantitative estimate of drug-likeness (QED) is 0.115. The van der Waals surface area contributed by atoms with E-state index in [1.54, 1.807) is 62.0 Å². The van der Waals surface area contributed by atoms with Crippen LogP contribution in [0, 0.1) is 51.0 Å². The molecule has 94 heavy (non-hydrogen) atoms. The molecule has 1 saturated heterocycles. The van der Waals surface area contributed by atoms with Gasteiger partial charge in [-0.25, -0.2) is 31.1 Å². The van der Waals surface area contributed by atoms with Crippen LogP contribution in [0.25, 0.3) is 0 Å². The third-order valence-electron chi connectivity index (χ3n) is 15.1. The summed E-state index contributed by atoms with van der Waals surface area (Å²) in [7, 11) is 4.69. The van der Waals surface area contributed by atoms with Gasteiger partial charge in [0.05, 0.1) is 27.4 Å². The summed E-state index contributed by atoms with van der Waals surface area (Å²) >= 11 is 5.95. The predicted octanol–water partition coefficient (Wildman–Crippen LogP) is 22.8. The maximum absolute atomic E-state index is 13.9. The normalized spacial score (nSPS) is 14.1. The lowest BCUT2D eigenvalue weighted by Gasteiger charge is -2.25. The molecule has 0 saturated carbocycles. The van der Waals surface area contributed by atoms with Crippen molar-refractivity contribution < 1.29 is 78.2 Å². The Bertz CT molecular complexity index is 3390. The number of halogens is 10. The molecule has 1 fully saturated rings. The van der Waals surface area contributed by atoms with E-state index in [1.807, 2.05) is 80.5 Å². The minimum Gasteiger partial charge on any atom is -0.504 e. The monoisotopic (exact) mass is 1350 g/mol. The molecule has 6 aromatic carbocycles. The first kappa shape index (κ1) is 85.1. The third-order valence-corrected chi connectivity index (χ3v) is 15.5. The van der Waals surface area contributed by atoms with Crippen molar-refractivity contribution in [2.45, 2.75) is 231 Å². The highest BCUT2D eigenvalue weighted by Crippen LogP contribution is 2.42. The number of carbonyl (C=O) groups excluding carboxylic acids is 1. The number of ether oxygens (including phenoxy) is 5. The SMILES string of the molecule is C.CC(C)c1c(C(C)(C)C)cc(O)c(O)c1F.COc1cc(F)c(C)cc1C(C)(C)C.COc1cc(F)c(C)cc1C(C)(C)C.COc1ccc(C(F)F)cc1C(C)(C)C.Cc1cc(C(C)(C)C)c(Cl)cc1F.Cc1ccc(OC(F)(F)F)cc1CN1C(=O)O[C@H](C)[C@@H]1C. The first-order valence-corrected chi connectivity index (χ1v) is 30.8. The number of aromatic hydroxyl groups is 2. The van der Waals surface area contributed by atoms with Crippen LogP contribution in [0.5, 0.6) is 34.5 Å². The highest BCUT2D eigenvalue weighted by molar-refractivity contribution is 6.31. The Hall–Kier alpha value is -6.95. The average molecular weight is 1350 g/mol. The summed E-state index contributed by atoms with van der Waals surface area (Å²) in [6, 6.07) is 19.7. The number of amides is 1. The molecule has 0 spiro atoms. The van der Waals surface area contributed by atoms with Gasteiger partial charge in [0.2, 0.25) is 0 Å². The topological polar surface area (TPSA) is 107 Å². The van der Waals surface area contributed by atoms with Gasteiger partial charge in [-0.1, -0.05) is 149 Å². The molecule has 2 atom stereocenters. The number of nitrogens with zero attached hydrogens (tertiary/aromatic N) is 1. The summed E-state index contributed by atoms with van der Waals surface area (Å²) in [5.74, 6) is -0.851. The number of hydrogen-bond donors (Lipinski definition) is 2. The van der Waals surface area contributed by atoms with Crippen LogP contribution >= 0.6 is 11.6 Å². The number of alkyl halides is 5. The number of carbonyl (C=O) groups is 1. The Labute approximate surface area is 559 Å². The zero-order valence-corrected chi connectivity index (χ0v) is 59.8. The van der Waals surface area contributed by atoms with Crippen molar-refractivity contribution in [2.24, 2.45) is 0 Å². The Balaban J connectivity index is 0.000000567. The van der Waals surface area contributed by atoms with Gasteiger partial charge < -0.3 is 33.9 Å². The van der Waals surface area contributed by atoms with E-state index in [1.165, 1.54) is 59.5 Å². The minimum atomic E-state index is -4.74. The summed E-state index contributed by atoms with van der Waals surface area (Å²) < 4.78 is 140. The lowest BCUT2D eigenvalue weighted by molar-refractivity contribution is -0.274. The van der Waals surface area contributed by atoms with Crippen molar-refractivity contribution in [3.05, 3.63) is 174 Å². The standard InChI is InChI=1S/C14H16F3NO3.C13H19FO2.C12H16F2O.2C12H17FO.C11H14ClF.CH4/c1-8-4-5-12(21-14(15,16)17)6-11(8)7-18-9(2)10(3)20-13(18)19;1-7(2)10-8(13(3,4)5)6-9(15)12(16)11(10)14;1-12(2,3)9-7-8(11(13)14)5-6-10(9)15-4;2*1-8-6-9(12(2,3)4)11(14-5)7-10(8)13;1-7-5-8(11(2,3)4)9(12)6-10(7)13;/h4-6,9-10H,7H2,1-3H3;6-7,15-16H,1-5H3;5-7,11H,1-4H3;2*6-7H,1-5H3;5-6H,1-4H3;1H4/t9-,10+;;;;;;/m0....../s1. The molecule has 526 valence electrons. The van der Waals surface area contributed by atoms with Crippen molar-refractivity contribution in [2.75, 3.05) is 21.3 Å². The van der Waals surface area contributed by atoms with Crippen LogP contribution in [0.4, 0.5) is 44.3 Å². The molecule has 1 heterocycles. The smallest absolute Gasteiger partial charge is 0.504 e. The van der Waals surface area contributed by atoms with Crippen LogP contribution < -0.4 is 18.9 Å². The van der Waals surface area contributed by atoms with E-state index in [9.17, 15) is 54.5 Å². The van der Waals surface area contributed by atoms with E-state index in [-0.39, 0.29) is 87.9 Å². The highest BCUT2D eigenvalue weighted by atomic mass is 35.5. The molecule has 9 nitrogen and oxygen atoms in total. The summed E-state index contributed by atoms with van der Waals surface area (Å²) in [5, 5.41) is 19.4. The van der Waals surface area contributed by atoms with Gasteiger partial charge in [-0.2, -0.15) is 0 Å². The van der Waals surface area contributed by atoms with Gasteiger partial charge in [0, 0.05) is 29.3 Å². The fourth-order valence-electron chi connectivity index (χ4n) is 9.49. The van der Waals surface area contributed by atoms with Crippen molar-refractivity contribution in [1.82, 2.24) is 4.90 Å². The van der Waals surface area contributed by atoms with Crippen LogP contribution in [0.15, 0.2) is 78.9 Å². The second-order valence-corrected chi connectivity index (χ2v) is 28.9. The molecule has 1 amide bonds. The van der Waals surface area contributed by atoms with Gasteiger partial charge in [0.15, 0.2) is 17.3 Å². The zero-order chi connectivity index (χ0) is 72.2. The number of cyclic esters (lactones) is 1. The van der Waals surface area contributed by atoms with E-state index in [0.29, 0.717) is 50.1 Å². The summed E-state index contributed by atoms with van der Waals surface area (Å²) in [5.41, 5.74) is 7.93. The van der Waals surface area contributed by atoms with Crippen molar-refractivity contribution in [3.63, 3.8) is 0 Å². The molecule has 0 radical (unpaired) electrons.